The van der Waals surface area contributed by atoms with E-state index in [-0.39, 0.29) is 49.7 Å². The van der Waals surface area contributed by atoms with Gasteiger partial charge in [0.1, 0.15) is 12.1 Å². The molecule has 0 saturated heterocycles. The monoisotopic (exact) mass is 566 g/mol. The number of rotatable bonds is 10. The lowest BCUT2D eigenvalue weighted by Crippen LogP contribution is -2.44. The van der Waals surface area contributed by atoms with Gasteiger partial charge >= 0.3 is 0 Å². The van der Waals surface area contributed by atoms with E-state index in [4.69, 9.17) is 32.4 Å². The number of fused-ring (bicyclic) bond motifs is 1. The molecule has 39 heavy (non-hydrogen) atoms. The molecule has 0 aliphatic carbocycles. The topological polar surface area (TPSA) is 80.1 Å². The molecule has 4 rings (SSSR count). The molecule has 3 aromatic carbocycles. The van der Waals surface area contributed by atoms with Gasteiger partial charge in [0.15, 0.2) is 5.43 Å². The molecule has 1 aromatic heterocycles. The Balaban J connectivity index is 1.64. The number of benzene rings is 3. The molecule has 0 bridgehead atoms. The molecule has 0 aliphatic rings. The largest absolute Gasteiger partial charge is 0.464 e. The average Bonchev–Trinajstić information content (AvgIpc) is 2.92. The molecule has 0 fully saturated rings. The number of carbonyl (C=O) groups excluding carboxylic acids is 2. The summed E-state index contributed by atoms with van der Waals surface area (Å²) >= 11 is 12.2. The highest BCUT2D eigenvalue weighted by atomic mass is 35.5. The molecule has 0 saturated carbocycles. The van der Waals surface area contributed by atoms with Crippen LogP contribution in [0.25, 0.3) is 11.0 Å². The molecular weight excluding hydrogens is 539 g/mol. The van der Waals surface area contributed by atoms with Crippen molar-refractivity contribution in [3.63, 3.8) is 0 Å². The molecule has 1 heterocycles. The first-order chi connectivity index (χ1) is 18.7. The summed E-state index contributed by atoms with van der Waals surface area (Å²) < 4.78 is 10.9. The third-order valence-corrected chi connectivity index (χ3v) is 6.65. The number of aryl methyl sites for hydroxylation is 1. The van der Waals surface area contributed by atoms with Crippen molar-refractivity contribution in [3.8, 4) is 0 Å². The predicted octanol–water partition coefficient (Wildman–Crippen LogP) is 5.73. The van der Waals surface area contributed by atoms with Crippen molar-refractivity contribution in [2.45, 2.75) is 20.0 Å². The SMILES string of the molecule is COCCN(CC(=O)N(Cc1ccccc1)Cc1coc2ccc(C)cc2c1=O)C(=O)c1cc(Cl)cc(Cl)c1. The van der Waals surface area contributed by atoms with Crippen LogP contribution in [0.4, 0.5) is 0 Å². The normalized spacial score (nSPS) is 11.0. The van der Waals surface area contributed by atoms with Crippen LogP contribution in [0.2, 0.25) is 10.0 Å². The Hall–Kier alpha value is -3.65. The second kappa shape index (κ2) is 12.9. The minimum absolute atomic E-state index is 0.00917. The minimum atomic E-state index is -0.412. The van der Waals surface area contributed by atoms with Gasteiger partial charge in [0.05, 0.1) is 30.4 Å². The molecular formula is C30H28Cl2N2O5. The number of hydrogen-bond donors (Lipinski definition) is 0. The first-order valence-electron chi connectivity index (χ1n) is 12.3. The molecule has 0 N–H and O–H groups in total. The molecule has 0 unspecified atom stereocenters. The number of nitrogens with zero attached hydrogens (tertiary/aromatic N) is 2. The fourth-order valence-corrected chi connectivity index (χ4v) is 4.74. The summed E-state index contributed by atoms with van der Waals surface area (Å²) in [5, 5.41) is 1.08. The van der Waals surface area contributed by atoms with E-state index in [1.807, 2.05) is 43.3 Å². The standard InChI is InChI=1S/C30H28Cl2N2O5/c1-20-8-9-27-26(12-20)29(36)23(19-39-27)17-34(16-21-6-4-3-5-7-21)28(35)18-33(10-11-38-2)30(37)22-13-24(31)15-25(32)14-22/h3-9,12-15,19H,10-11,16-18H2,1-2H3. The number of methoxy groups -OCH3 is 1. The van der Waals surface area contributed by atoms with Gasteiger partial charge in [-0.3, -0.25) is 14.4 Å². The molecule has 7 nitrogen and oxygen atoms in total. The summed E-state index contributed by atoms with van der Waals surface area (Å²) in [5.74, 6) is -0.759. The lowest BCUT2D eigenvalue weighted by atomic mass is 10.1. The van der Waals surface area contributed by atoms with E-state index >= 15 is 0 Å². The molecule has 202 valence electrons. The van der Waals surface area contributed by atoms with Gasteiger partial charge < -0.3 is 19.0 Å². The fourth-order valence-electron chi connectivity index (χ4n) is 4.21. The number of carbonyl (C=O) groups is 2. The summed E-state index contributed by atoms with van der Waals surface area (Å²) in [5.41, 5.74) is 2.68. The molecule has 0 spiro atoms. The van der Waals surface area contributed by atoms with Crippen LogP contribution in [0.1, 0.15) is 27.0 Å². The summed E-state index contributed by atoms with van der Waals surface area (Å²) in [6, 6.07) is 19.4. The Morgan fingerprint density at radius 1 is 0.923 bits per heavy atom. The maximum absolute atomic E-state index is 13.7. The van der Waals surface area contributed by atoms with Crippen LogP contribution in [0.3, 0.4) is 0 Å². The summed E-state index contributed by atoms with van der Waals surface area (Å²) in [7, 11) is 1.52. The Bertz CT molecular complexity index is 1520. The van der Waals surface area contributed by atoms with E-state index in [1.54, 1.807) is 17.0 Å². The second-order valence-corrected chi connectivity index (χ2v) is 10.1. The van der Waals surface area contributed by atoms with Crippen LogP contribution in [0.15, 0.2) is 82.2 Å². The van der Waals surface area contributed by atoms with Crippen molar-refractivity contribution in [1.29, 1.82) is 0 Å². The van der Waals surface area contributed by atoms with Gasteiger partial charge in [0.2, 0.25) is 5.91 Å². The van der Waals surface area contributed by atoms with Gasteiger partial charge in [-0.2, -0.15) is 0 Å². The summed E-state index contributed by atoms with van der Waals surface area (Å²) in [6.07, 6.45) is 1.40. The first-order valence-corrected chi connectivity index (χ1v) is 13.1. The van der Waals surface area contributed by atoms with Crippen molar-refractivity contribution < 1.29 is 18.7 Å². The van der Waals surface area contributed by atoms with Crippen molar-refractivity contribution in [3.05, 3.63) is 116 Å². The molecule has 4 aromatic rings. The van der Waals surface area contributed by atoms with Crippen LogP contribution >= 0.6 is 23.2 Å². The van der Waals surface area contributed by atoms with E-state index in [0.717, 1.165) is 11.1 Å². The predicted molar refractivity (Wildman–Crippen MR) is 152 cm³/mol. The number of hydrogen-bond acceptors (Lipinski definition) is 5. The Labute approximate surface area is 236 Å². The number of halogens is 2. The van der Waals surface area contributed by atoms with E-state index in [2.05, 4.69) is 0 Å². The molecule has 0 radical (unpaired) electrons. The summed E-state index contributed by atoms with van der Waals surface area (Å²) in [6.45, 7) is 2.30. The molecule has 0 aliphatic heterocycles. The molecule has 2 amide bonds. The highest BCUT2D eigenvalue weighted by molar-refractivity contribution is 6.35. The van der Waals surface area contributed by atoms with Crippen molar-refractivity contribution in [1.82, 2.24) is 9.80 Å². The highest BCUT2D eigenvalue weighted by Gasteiger charge is 2.24. The maximum atomic E-state index is 13.7. The van der Waals surface area contributed by atoms with Crippen LogP contribution in [0, 0.1) is 6.92 Å². The maximum Gasteiger partial charge on any atom is 0.254 e. The second-order valence-electron chi connectivity index (χ2n) is 9.20. The average molecular weight is 567 g/mol. The zero-order chi connectivity index (χ0) is 27.9. The number of amides is 2. The minimum Gasteiger partial charge on any atom is -0.464 e. The first kappa shape index (κ1) is 28.4. The van der Waals surface area contributed by atoms with Gasteiger partial charge in [0, 0.05) is 35.8 Å². The van der Waals surface area contributed by atoms with E-state index < -0.39 is 5.91 Å². The third-order valence-electron chi connectivity index (χ3n) is 6.22. The smallest absolute Gasteiger partial charge is 0.254 e. The van der Waals surface area contributed by atoms with Gasteiger partial charge in [-0.25, -0.2) is 0 Å². The van der Waals surface area contributed by atoms with Crippen LogP contribution in [-0.4, -0.2) is 48.4 Å². The van der Waals surface area contributed by atoms with Crippen molar-refractivity contribution in [2.24, 2.45) is 0 Å². The Morgan fingerprint density at radius 2 is 1.64 bits per heavy atom. The van der Waals surface area contributed by atoms with Crippen molar-refractivity contribution in [2.75, 3.05) is 26.8 Å². The Morgan fingerprint density at radius 3 is 2.33 bits per heavy atom. The van der Waals surface area contributed by atoms with Gasteiger partial charge in [-0.05, 0) is 42.8 Å². The lowest BCUT2D eigenvalue weighted by Gasteiger charge is -2.28. The molecule has 9 heteroatoms. The lowest BCUT2D eigenvalue weighted by molar-refractivity contribution is -0.133. The van der Waals surface area contributed by atoms with E-state index in [1.165, 1.54) is 36.5 Å². The summed E-state index contributed by atoms with van der Waals surface area (Å²) in [4.78, 5) is 43.3. The quantitative estimate of drug-likeness (QED) is 0.245. The van der Waals surface area contributed by atoms with Crippen molar-refractivity contribution >= 4 is 46.0 Å². The zero-order valence-electron chi connectivity index (χ0n) is 21.7. The highest BCUT2D eigenvalue weighted by Crippen LogP contribution is 2.21. The van der Waals surface area contributed by atoms with Crippen LogP contribution < -0.4 is 5.43 Å². The fraction of sp³-hybridized carbons (Fsp3) is 0.233. The van der Waals surface area contributed by atoms with Crippen LogP contribution in [-0.2, 0) is 22.6 Å². The van der Waals surface area contributed by atoms with Gasteiger partial charge in [0.25, 0.3) is 5.91 Å². The van der Waals surface area contributed by atoms with Crippen LogP contribution in [0.5, 0.6) is 0 Å². The van der Waals surface area contributed by atoms with E-state index in [0.29, 0.717) is 26.6 Å². The van der Waals surface area contributed by atoms with Gasteiger partial charge in [-0.1, -0.05) is 65.2 Å². The van der Waals surface area contributed by atoms with E-state index in [9.17, 15) is 14.4 Å². The Kier molecular flexibility index (Phi) is 9.41. The number of ether oxygens (including phenoxy) is 1. The molecule has 0 atom stereocenters. The zero-order valence-corrected chi connectivity index (χ0v) is 23.2. The third kappa shape index (κ3) is 7.26. The van der Waals surface area contributed by atoms with Gasteiger partial charge in [-0.15, -0.1) is 0 Å².